The molecule has 0 atom stereocenters. The van der Waals surface area contributed by atoms with Gasteiger partial charge in [0.2, 0.25) is 0 Å². The summed E-state index contributed by atoms with van der Waals surface area (Å²) >= 11 is 0. The minimum absolute atomic E-state index is 1.06. The van der Waals surface area contributed by atoms with Gasteiger partial charge in [-0.2, -0.15) is 0 Å². The Balaban J connectivity index is 2.01. The SMILES string of the molecule is c1cc2ccc1CCCc1ccc(cc1)C2. The Labute approximate surface area is 96.9 Å². The van der Waals surface area contributed by atoms with Gasteiger partial charge in [-0.3, -0.25) is 0 Å². The van der Waals surface area contributed by atoms with E-state index in [1.165, 1.54) is 41.5 Å². The van der Waals surface area contributed by atoms with Crippen molar-refractivity contribution in [3.05, 3.63) is 70.8 Å². The molecule has 2 aromatic rings. The second kappa shape index (κ2) is 4.13. The first kappa shape index (κ1) is 9.65. The van der Waals surface area contributed by atoms with Crippen LogP contribution in [0.1, 0.15) is 28.7 Å². The van der Waals surface area contributed by atoms with E-state index in [-0.39, 0.29) is 0 Å². The molecule has 0 amide bonds. The van der Waals surface area contributed by atoms with Crippen molar-refractivity contribution in [3.8, 4) is 0 Å². The molecule has 0 fully saturated rings. The fraction of sp³-hybridized carbons (Fsp3) is 0.250. The summed E-state index contributed by atoms with van der Waals surface area (Å²) in [6.45, 7) is 0. The monoisotopic (exact) mass is 208 g/mol. The molecule has 4 aliphatic rings. The van der Waals surface area contributed by atoms with E-state index in [0.29, 0.717) is 0 Å². The van der Waals surface area contributed by atoms with Crippen molar-refractivity contribution in [2.75, 3.05) is 0 Å². The third-order valence-electron chi connectivity index (χ3n) is 3.39. The molecule has 0 saturated carbocycles. The molecule has 16 heavy (non-hydrogen) atoms. The summed E-state index contributed by atoms with van der Waals surface area (Å²) in [7, 11) is 0. The highest BCUT2D eigenvalue weighted by Gasteiger charge is 2.01. The highest BCUT2D eigenvalue weighted by Crippen LogP contribution is 2.16. The third-order valence-corrected chi connectivity index (χ3v) is 3.39. The molecule has 0 radical (unpaired) electrons. The smallest absolute Gasteiger partial charge is 0.00258 e. The average Bonchev–Trinajstić information content (AvgIpc) is 2.30. The number of hydrogen-bond donors (Lipinski definition) is 0. The van der Waals surface area contributed by atoms with Crippen LogP contribution >= 0.6 is 0 Å². The highest BCUT2D eigenvalue weighted by molar-refractivity contribution is 5.31. The molecule has 0 nitrogen and oxygen atoms in total. The topological polar surface area (TPSA) is 0 Å². The molecule has 0 saturated heterocycles. The van der Waals surface area contributed by atoms with E-state index in [2.05, 4.69) is 48.5 Å². The second-order valence-corrected chi connectivity index (χ2v) is 4.66. The van der Waals surface area contributed by atoms with E-state index >= 15 is 0 Å². The highest BCUT2D eigenvalue weighted by atomic mass is 14.1. The molecule has 0 aromatic heterocycles. The number of hydrogen-bond acceptors (Lipinski definition) is 0. The average molecular weight is 208 g/mol. The van der Waals surface area contributed by atoms with Crippen LogP contribution in [0.15, 0.2) is 48.5 Å². The van der Waals surface area contributed by atoms with Gasteiger partial charge < -0.3 is 0 Å². The van der Waals surface area contributed by atoms with Gasteiger partial charge in [0, 0.05) is 0 Å². The Morgan fingerprint density at radius 1 is 0.500 bits per heavy atom. The van der Waals surface area contributed by atoms with Crippen LogP contribution in [0, 0.1) is 0 Å². The predicted molar refractivity (Wildman–Crippen MR) is 67.7 cm³/mol. The Morgan fingerprint density at radius 2 is 0.875 bits per heavy atom. The zero-order valence-corrected chi connectivity index (χ0v) is 9.45. The van der Waals surface area contributed by atoms with E-state index in [1.807, 2.05) is 0 Å². The predicted octanol–water partition coefficient (Wildman–Crippen LogP) is 3.77. The lowest BCUT2D eigenvalue weighted by Crippen LogP contribution is -1.95. The Bertz CT molecular complexity index is 417. The molecule has 4 aliphatic carbocycles. The largest absolute Gasteiger partial charge is 0.0588 e. The maximum atomic E-state index is 2.28. The summed E-state index contributed by atoms with van der Waals surface area (Å²) in [5.74, 6) is 0. The molecule has 0 heterocycles. The van der Waals surface area contributed by atoms with Crippen LogP contribution in [0.3, 0.4) is 0 Å². The van der Waals surface area contributed by atoms with E-state index in [1.54, 1.807) is 0 Å². The van der Waals surface area contributed by atoms with Gasteiger partial charge >= 0.3 is 0 Å². The zero-order valence-electron chi connectivity index (χ0n) is 9.45. The first-order valence-corrected chi connectivity index (χ1v) is 6.06. The van der Waals surface area contributed by atoms with Crippen molar-refractivity contribution in [1.29, 1.82) is 0 Å². The molecule has 0 unspecified atom stereocenters. The lowest BCUT2D eigenvalue weighted by atomic mass is 9.97. The maximum Gasteiger partial charge on any atom is -0.00258 e. The molecule has 80 valence electrons. The van der Waals surface area contributed by atoms with E-state index in [9.17, 15) is 0 Å². The Kier molecular flexibility index (Phi) is 2.49. The molecule has 2 aromatic carbocycles. The van der Waals surface area contributed by atoms with E-state index in [4.69, 9.17) is 0 Å². The van der Waals surface area contributed by atoms with Gasteiger partial charge in [-0.25, -0.2) is 0 Å². The van der Waals surface area contributed by atoms with Crippen molar-refractivity contribution in [2.24, 2.45) is 0 Å². The first-order valence-electron chi connectivity index (χ1n) is 6.06. The van der Waals surface area contributed by atoms with Crippen LogP contribution in [0.5, 0.6) is 0 Å². The van der Waals surface area contributed by atoms with Crippen molar-refractivity contribution < 1.29 is 0 Å². The van der Waals surface area contributed by atoms with Crippen molar-refractivity contribution in [1.82, 2.24) is 0 Å². The third kappa shape index (κ3) is 2.01. The minimum atomic E-state index is 1.06. The summed E-state index contributed by atoms with van der Waals surface area (Å²) in [6.07, 6.45) is 4.70. The van der Waals surface area contributed by atoms with Crippen molar-refractivity contribution >= 4 is 0 Å². The van der Waals surface area contributed by atoms with Crippen LogP contribution in [0.2, 0.25) is 0 Å². The van der Waals surface area contributed by atoms with Crippen molar-refractivity contribution in [3.63, 3.8) is 0 Å². The molecule has 0 N–H and O–H groups in total. The quantitative estimate of drug-likeness (QED) is 0.618. The van der Waals surface area contributed by atoms with E-state index < -0.39 is 0 Å². The summed E-state index contributed by atoms with van der Waals surface area (Å²) in [5, 5.41) is 0. The number of aryl methyl sites for hydroxylation is 2. The summed E-state index contributed by atoms with van der Waals surface area (Å²) < 4.78 is 0. The lowest BCUT2D eigenvalue weighted by Gasteiger charge is -2.09. The van der Waals surface area contributed by atoms with Gasteiger partial charge in [-0.05, 0) is 47.9 Å². The van der Waals surface area contributed by atoms with Gasteiger partial charge in [0.05, 0.1) is 0 Å². The molecule has 0 heteroatoms. The normalized spacial score (nSPS) is 14.5. The van der Waals surface area contributed by atoms with Gasteiger partial charge in [0.15, 0.2) is 0 Å². The van der Waals surface area contributed by atoms with Crippen LogP contribution in [-0.4, -0.2) is 0 Å². The first-order chi connectivity index (χ1) is 7.90. The molecular formula is C16H16. The summed E-state index contributed by atoms with van der Waals surface area (Å²) in [6, 6.07) is 18.2. The van der Waals surface area contributed by atoms with E-state index in [0.717, 1.165) is 6.42 Å². The zero-order chi connectivity index (χ0) is 10.8. The van der Waals surface area contributed by atoms with Gasteiger partial charge in [0.25, 0.3) is 0 Å². The Morgan fingerprint density at radius 3 is 1.31 bits per heavy atom. The van der Waals surface area contributed by atoms with Gasteiger partial charge in [0.1, 0.15) is 0 Å². The second-order valence-electron chi connectivity index (χ2n) is 4.66. The molecule has 4 bridgehead atoms. The lowest BCUT2D eigenvalue weighted by molar-refractivity contribution is 0.818. The van der Waals surface area contributed by atoms with Gasteiger partial charge in [-0.1, -0.05) is 48.5 Å². The number of rotatable bonds is 0. The van der Waals surface area contributed by atoms with Crippen LogP contribution in [0.25, 0.3) is 0 Å². The maximum absolute atomic E-state index is 2.28. The van der Waals surface area contributed by atoms with Crippen LogP contribution in [0.4, 0.5) is 0 Å². The molecule has 0 spiro atoms. The fourth-order valence-electron chi connectivity index (χ4n) is 2.38. The minimum Gasteiger partial charge on any atom is -0.0588 e. The molecule has 0 aliphatic heterocycles. The number of benzene rings is 2. The van der Waals surface area contributed by atoms with Crippen LogP contribution < -0.4 is 0 Å². The molecule has 6 rings (SSSR count). The standard InChI is InChI=1S/C16H16/c1-2-13-4-8-15(9-5-13)12-16-10-6-14(3-1)7-11-16/h4-11H,1-3,12H2. The van der Waals surface area contributed by atoms with Crippen LogP contribution in [-0.2, 0) is 19.3 Å². The fourth-order valence-corrected chi connectivity index (χ4v) is 2.38. The van der Waals surface area contributed by atoms with Crippen molar-refractivity contribution in [2.45, 2.75) is 25.7 Å². The summed E-state index contributed by atoms with van der Waals surface area (Å²) in [4.78, 5) is 0. The molecular weight excluding hydrogens is 192 g/mol. The Hall–Kier alpha value is -1.56. The summed E-state index contributed by atoms with van der Waals surface area (Å²) in [5.41, 5.74) is 5.77. The van der Waals surface area contributed by atoms with Gasteiger partial charge in [-0.15, -0.1) is 0 Å².